The van der Waals surface area contributed by atoms with Gasteiger partial charge in [0.1, 0.15) is 5.75 Å². The van der Waals surface area contributed by atoms with Crippen LogP contribution >= 0.6 is 11.8 Å². The molecule has 10 nitrogen and oxygen atoms in total. The molecule has 1 aliphatic rings. The van der Waals surface area contributed by atoms with Crippen molar-refractivity contribution in [3.05, 3.63) is 82.1 Å². The van der Waals surface area contributed by atoms with E-state index in [0.717, 1.165) is 29.8 Å². The van der Waals surface area contributed by atoms with E-state index in [2.05, 4.69) is 17.6 Å². The summed E-state index contributed by atoms with van der Waals surface area (Å²) in [6.07, 6.45) is 3.43. The number of amides is 2. The van der Waals surface area contributed by atoms with Gasteiger partial charge >= 0.3 is 0 Å². The Morgan fingerprint density at radius 1 is 0.955 bits per heavy atom. The van der Waals surface area contributed by atoms with Crippen LogP contribution in [-0.2, 0) is 29.1 Å². The first kappa shape index (κ1) is 30.9. The number of nitrogens with zero attached hydrogens (tertiary/aromatic N) is 2. The smallest absolute Gasteiger partial charge is 0.262 e. The number of hydrogen-bond acceptors (Lipinski definition) is 8. The molecule has 0 aliphatic carbocycles. The number of aryl methyl sites for hydroxylation is 1. The SMILES string of the molecule is CCc1ccc(NC(=O)CSc2nc3cc4c(cc3c(=O)n2CCCCCC(=O)NCc2ccc(OC)cc2)OCO4)cc1. The van der Waals surface area contributed by atoms with Crippen LogP contribution in [0, 0.1) is 0 Å². The number of ether oxygens (including phenoxy) is 3. The van der Waals surface area contributed by atoms with Gasteiger partial charge in [0.05, 0.1) is 23.8 Å². The molecule has 2 heterocycles. The van der Waals surface area contributed by atoms with E-state index in [4.69, 9.17) is 19.2 Å². The van der Waals surface area contributed by atoms with Crippen molar-refractivity contribution in [1.29, 1.82) is 0 Å². The minimum Gasteiger partial charge on any atom is -0.497 e. The maximum absolute atomic E-state index is 13.6. The number of methoxy groups -OCH3 is 1. The number of anilines is 1. The Morgan fingerprint density at radius 2 is 1.68 bits per heavy atom. The zero-order valence-electron chi connectivity index (χ0n) is 24.9. The highest BCUT2D eigenvalue weighted by Crippen LogP contribution is 2.35. The van der Waals surface area contributed by atoms with Crippen molar-refractivity contribution in [3.63, 3.8) is 0 Å². The second kappa shape index (κ2) is 14.8. The van der Waals surface area contributed by atoms with E-state index in [1.54, 1.807) is 23.8 Å². The molecule has 2 amide bonds. The van der Waals surface area contributed by atoms with Gasteiger partial charge in [-0.05, 0) is 60.7 Å². The number of carbonyl (C=O) groups excluding carboxylic acids is 2. The lowest BCUT2D eigenvalue weighted by atomic mass is 10.1. The summed E-state index contributed by atoms with van der Waals surface area (Å²) in [5, 5.41) is 6.74. The van der Waals surface area contributed by atoms with E-state index in [9.17, 15) is 14.4 Å². The number of fused-ring (bicyclic) bond motifs is 2. The maximum atomic E-state index is 13.6. The summed E-state index contributed by atoms with van der Waals surface area (Å²) in [5.74, 6) is 1.70. The average Bonchev–Trinajstić information content (AvgIpc) is 3.51. The molecule has 44 heavy (non-hydrogen) atoms. The van der Waals surface area contributed by atoms with E-state index in [-0.39, 0.29) is 29.9 Å². The Hall–Kier alpha value is -4.51. The predicted molar refractivity (Wildman–Crippen MR) is 171 cm³/mol. The van der Waals surface area contributed by atoms with Gasteiger partial charge in [0.25, 0.3) is 5.56 Å². The summed E-state index contributed by atoms with van der Waals surface area (Å²) >= 11 is 1.22. The zero-order valence-corrected chi connectivity index (χ0v) is 25.7. The maximum Gasteiger partial charge on any atom is 0.262 e. The molecule has 0 atom stereocenters. The van der Waals surface area contributed by atoms with Crippen molar-refractivity contribution < 1.29 is 23.8 Å². The van der Waals surface area contributed by atoms with Gasteiger partial charge in [0.15, 0.2) is 16.7 Å². The van der Waals surface area contributed by atoms with E-state index in [0.29, 0.717) is 59.9 Å². The number of carbonyl (C=O) groups is 2. The van der Waals surface area contributed by atoms with Gasteiger partial charge in [-0.15, -0.1) is 0 Å². The number of rotatable bonds is 14. The third kappa shape index (κ3) is 7.90. The zero-order chi connectivity index (χ0) is 30.9. The number of nitrogens with one attached hydrogen (secondary N) is 2. The fourth-order valence-electron chi connectivity index (χ4n) is 4.81. The molecule has 0 radical (unpaired) electrons. The Balaban J connectivity index is 1.19. The molecule has 0 bridgehead atoms. The van der Waals surface area contributed by atoms with Crippen LogP contribution in [0.15, 0.2) is 70.6 Å². The third-order valence-corrected chi connectivity index (χ3v) is 8.30. The third-order valence-electron chi connectivity index (χ3n) is 7.33. The van der Waals surface area contributed by atoms with E-state index < -0.39 is 0 Å². The fourth-order valence-corrected chi connectivity index (χ4v) is 5.64. The molecule has 0 unspecified atom stereocenters. The lowest BCUT2D eigenvalue weighted by molar-refractivity contribution is -0.121. The Morgan fingerprint density at radius 3 is 2.41 bits per heavy atom. The highest BCUT2D eigenvalue weighted by Gasteiger charge is 2.20. The Labute approximate surface area is 260 Å². The highest BCUT2D eigenvalue weighted by atomic mass is 32.2. The molecular weight excluding hydrogens is 580 g/mol. The van der Waals surface area contributed by atoms with Crippen LogP contribution < -0.4 is 30.4 Å². The second-order valence-corrected chi connectivity index (χ2v) is 11.3. The first-order valence-corrected chi connectivity index (χ1v) is 15.7. The lowest BCUT2D eigenvalue weighted by Crippen LogP contribution is -2.25. The number of hydrogen-bond donors (Lipinski definition) is 2. The van der Waals surface area contributed by atoms with Crippen molar-refractivity contribution in [3.8, 4) is 17.2 Å². The normalized spacial score (nSPS) is 11.9. The van der Waals surface area contributed by atoms with Crippen molar-refractivity contribution in [2.24, 2.45) is 0 Å². The predicted octanol–water partition coefficient (Wildman–Crippen LogP) is 5.30. The fraction of sp³-hybridized carbons (Fsp3) is 0.333. The molecular formula is C33H36N4O6S. The molecule has 3 aromatic carbocycles. The molecule has 11 heteroatoms. The van der Waals surface area contributed by atoms with Crippen LogP contribution in [0.3, 0.4) is 0 Å². The average molecular weight is 617 g/mol. The first-order valence-electron chi connectivity index (χ1n) is 14.7. The van der Waals surface area contributed by atoms with Crippen molar-refractivity contribution in [2.45, 2.75) is 57.3 Å². The summed E-state index contributed by atoms with van der Waals surface area (Å²) in [7, 11) is 1.62. The van der Waals surface area contributed by atoms with Crippen LogP contribution in [-0.4, -0.2) is 41.0 Å². The van der Waals surface area contributed by atoms with Gasteiger partial charge in [-0.25, -0.2) is 4.98 Å². The summed E-state index contributed by atoms with van der Waals surface area (Å²) in [5.41, 5.74) is 3.19. The van der Waals surface area contributed by atoms with E-state index in [1.807, 2.05) is 48.5 Å². The summed E-state index contributed by atoms with van der Waals surface area (Å²) < 4.78 is 17.7. The van der Waals surface area contributed by atoms with Crippen molar-refractivity contribution in [2.75, 3.05) is 25.0 Å². The van der Waals surface area contributed by atoms with Crippen molar-refractivity contribution in [1.82, 2.24) is 14.9 Å². The standard InChI is InChI=1S/C33H36N4O6S/c1-3-22-8-12-24(13-9-22)35-31(39)20-44-33-36-27-18-29-28(42-21-43-29)17-26(27)32(40)37(33)16-6-4-5-7-30(38)34-19-23-10-14-25(41-2)15-11-23/h8-15,17-18H,3-7,16,19-21H2,1-2H3,(H,34,38)(H,35,39). The summed E-state index contributed by atoms with van der Waals surface area (Å²) in [6.45, 7) is 3.04. The molecule has 4 aromatic rings. The molecule has 0 saturated carbocycles. The molecule has 0 spiro atoms. The number of unbranched alkanes of at least 4 members (excludes halogenated alkanes) is 2. The molecule has 1 aromatic heterocycles. The van der Waals surface area contributed by atoms with E-state index in [1.165, 1.54) is 17.3 Å². The molecule has 1 aliphatic heterocycles. The van der Waals surface area contributed by atoms with E-state index >= 15 is 0 Å². The van der Waals surface area contributed by atoms with Gasteiger partial charge in [0, 0.05) is 31.3 Å². The minimum absolute atomic E-state index is 0.0203. The Bertz CT molecular complexity index is 1670. The van der Waals surface area contributed by atoms with Gasteiger partial charge in [0.2, 0.25) is 18.6 Å². The summed E-state index contributed by atoms with van der Waals surface area (Å²) in [6, 6.07) is 18.7. The summed E-state index contributed by atoms with van der Waals surface area (Å²) in [4.78, 5) is 43.5. The lowest BCUT2D eigenvalue weighted by Gasteiger charge is -2.14. The highest BCUT2D eigenvalue weighted by molar-refractivity contribution is 7.99. The largest absolute Gasteiger partial charge is 0.497 e. The van der Waals surface area contributed by atoms with Crippen molar-refractivity contribution >= 4 is 40.2 Å². The van der Waals surface area contributed by atoms with Crippen LogP contribution in [0.2, 0.25) is 0 Å². The van der Waals surface area contributed by atoms with Gasteiger partial charge in [-0.2, -0.15) is 0 Å². The van der Waals surface area contributed by atoms with Crippen LogP contribution in [0.1, 0.15) is 43.7 Å². The monoisotopic (exact) mass is 616 g/mol. The number of thioether (sulfide) groups is 1. The molecule has 230 valence electrons. The first-order chi connectivity index (χ1) is 21.4. The van der Waals surface area contributed by atoms with Gasteiger partial charge < -0.3 is 24.8 Å². The molecule has 0 fully saturated rings. The van der Waals surface area contributed by atoms with Gasteiger partial charge in [-0.1, -0.05) is 49.4 Å². The topological polar surface area (TPSA) is 121 Å². The quantitative estimate of drug-likeness (QED) is 0.111. The second-order valence-electron chi connectivity index (χ2n) is 10.4. The number of aromatic nitrogens is 2. The number of benzene rings is 3. The van der Waals surface area contributed by atoms with Crippen LogP contribution in [0.25, 0.3) is 10.9 Å². The molecule has 5 rings (SSSR count). The molecule has 2 N–H and O–H groups in total. The Kier molecular flexibility index (Phi) is 10.4. The van der Waals surface area contributed by atoms with Crippen LogP contribution in [0.5, 0.6) is 17.2 Å². The minimum atomic E-state index is -0.205. The van der Waals surface area contributed by atoms with Gasteiger partial charge in [-0.3, -0.25) is 19.0 Å². The van der Waals surface area contributed by atoms with Crippen LogP contribution in [0.4, 0.5) is 5.69 Å². The molecule has 0 saturated heterocycles.